The molecule has 2 aromatic rings. The predicted molar refractivity (Wildman–Crippen MR) is 98.9 cm³/mol. The second kappa shape index (κ2) is 9.20. The highest BCUT2D eigenvalue weighted by atomic mass is 19.1. The van der Waals surface area contributed by atoms with Crippen LogP contribution < -0.4 is 14.8 Å². The van der Waals surface area contributed by atoms with Crippen LogP contribution in [0.2, 0.25) is 0 Å². The van der Waals surface area contributed by atoms with E-state index in [2.05, 4.69) is 5.32 Å². The van der Waals surface area contributed by atoms with E-state index in [0.717, 1.165) is 16.7 Å². The van der Waals surface area contributed by atoms with Crippen LogP contribution in [0.5, 0.6) is 11.5 Å². The molecule has 0 aromatic heterocycles. The molecule has 0 aliphatic heterocycles. The summed E-state index contributed by atoms with van der Waals surface area (Å²) in [6.45, 7) is 3.24. The van der Waals surface area contributed by atoms with Gasteiger partial charge < -0.3 is 14.8 Å². The van der Waals surface area contributed by atoms with Gasteiger partial charge in [0.1, 0.15) is 5.82 Å². The van der Waals surface area contributed by atoms with Crippen molar-refractivity contribution in [2.45, 2.75) is 20.0 Å². The van der Waals surface area contributed by atoms with Crippen LogP contribution in [0.15, 0.2) is 36.4 Å². The van der Waals surface area contributed by atoms with Gasteiger partial charge in [0.15, 0.2) is 11.5 Å². The van der Waals surface area contributed by atoms with E-state index >= 15 is 0 Å². The number of nitrogens with zero attached hydrogens (tertiary/aromatic N) is 1. The summed E-state index contributed by atoms with van der Waals surface area (Å²) < 4.78 is 23.5. The molecule has 0 radical (unpaired) electrons. The van der Waals surface area contributed by atoms with Gasteiger partial charge in [-0.1, -0.05) is 12.1 Å². The third kappa shape index (κ3) is 5.46. The van der Waals surface area contributed by atoms with Crippen LogP contribution >= 0.6 is 0 Å². The molecule has 0 fully saturated rings. The lowest BCUT2D eigenvalue weighted by Gasteiger charge is -2.19. The summed E-state index contributed by atoms with van der Waals surface area (Å²) in [7, 11) is 5.09. The Bertz CT molecular complexity index is 747. The summed E-state index contributed by atoms with van der Waals surface area (Å²) in [6.07, 6.45) is 0. The Kier molecular flexibility index (Phi) is 6.97. The molecule has 0 saturated carbocycles. The number of hydrogen-bond donors (Lipinski definition) is 1. The molecule has 6 heteroatoms. The number of likely N-dealkylation sites (N-methyl/N-ethyl adjacent to an activating group) is 1. The molecular weight excluding hydrogens is 335 g/mol. The highest BCUT2D eigenvalue weighted by Gasteiger charge is 2.12. The van der Waals surface area contributed by atoms with Crippen molar-refractivity contribution in [1.29, 1.82) is 0 Å². The highest BCUT2D eigenvalue weighted by molar-refractivity contribution is 5.78. The first-order valence-electron chi connectivity index (χ1n) is 8.34. The molecule has 0 aliphatic rings. The topological polar surface area (TPSA) is 50.8 Å². The number of amides is 1. The number of nitrogens with one attached hydrogen (secondary N) is 1. The third-order valence-corrected chi connectivity index (χ3v) is 4.10. The van der Waals surface area contributed by atoms with Crippen molar-refractivity contribution in [3.05, 3.63) is 58.9 Å². The Morgan fingerprint density at radius 2 is 1.73 bits per heavy atom. The number of rotatable bonds is 8. The van der Waals surface area contributed by atoms with Crippen molar-refractivity contribution in [3.63, 3.8) is 0 Å². The smallest absolute Gasteiger partial charge is 0.234 e. The monoisotopic (exact) mass is 360 g/mol. The molecule has 0 unspecified atom stereocenters. The van der Waals surface area contributed by atoms with Crippen LogP contribution in [0, 0.1) is 12.7 Å². The summed E-state index contributed by atoms with van der Waals surface area (Å²) in [5, 5.41) is 2.84. The van der Waals surface area contributed by atoms with E-state index in [4.69, 9.17) is 9.47 Å². The largest absolute Gasteiger partial charge is 0.493 e. The van der Waals surface area contributed by atoms with Crippen molar-refractivity contribution >= 4 is 5.91 Å². The van der Waals surface area contributed by atoms with Crippen molar-refractivity contribution in [1.82, 2.24) is 10.2 Å². The number of carbonyl (C=O) groups is 1. The molecule has 0 aliphatic carbocycles. The van der Waals surface area contributed by atoms with Crippen molar-refractivity contribution in [3.8, 4) is 11.5 Å². The third-order valence-electron chi connectivity index (χ3n) is 4.10. The molecule has 0 bridgehead atoms. The van der Waals surface area contributed by atoms with Gasteiger partial charge in [0.25, 0.3) is 0 Å². The van der Waals surface area contributed by atoms with E-state index in [0.29, 0.717) is 24.6 Å². The number of methoxy groups -OCH3 is 2. The summed E-state index contributed by atoms with van der Waals surface area (Å²) in [6, 6.07) is 9.94. The van der Waals surface area contributed by atoms with Gasteiger partial charge in [-0.2, -0.15) is 0 Å². The predicted octanol–water partition coefficient (Wildman–Crippen LogP) is 2.90. The zero-order chi connectivity index (χ0) is 19.1. The van der Waals surface area contributed by atoms with Gasteiger partial charge in [0.2, 0.25) is 5.91 Å². The number of aryl methyl sites for hydroxylation is 1. The fourth-order valence-corrected chi connectivity index (χ4v) is 2.64. The molecule has 2 aromatic carbocycles. The van der Waals surface area contributed by atoms with E-state index in [1.807, 2.05) is 31.0 Å². The second-order valence-electron chi connectivity index (χ2n) is 6.21. The van der Waals surface area contributed by atoms with Crippen LogP contribution in [-0.4, -0.2) is 38.6 Å². The zero-order valence-electron chi connectivity index (χ0n) is 15.6. The number of hydrogen-bond acceptors (Lipinski definition) is 4. The van der Waals surface area contributed by atoms with Crippen LogP contribution in [0.4, 0.5) is 4.39 Å². The summed E-state index contributed by atoms with van der Waals surface area (Å²) in [5.41, 5.74) is 3.00. The van der Waals surface area contributed by atoms with E-state index < -0.39 is 0 Å². The van der Waals surface area contributed by atoms with E-state index in [-0.39, 0.29) is 18.3 Å². The van der Waals surface area contributed by atoms with Gasteiger partial charge in [-0.25, -0.2) is 4.39 Å². The van der Waals surface area contributed by atoms with E-state index in [1.165, 1.54) is 12.1 Å². The summed E-state index contributed by atoms with van der Waals surface area (Å²) in [4.78, 5) is 14.0. The molecule has 0 atom stereocenters. The normalized spacial score (nSPS) is 10.7. The maximum Gasteiger partial charge on any atom is 0.234 e. The standard InChI is InChI=1S/C20H25FN2O3/c1-14-9-18(25-3)19(26-4)10-16(14)12-23(2)13-20(24)22-11-15-5-7-17(21)8-6-15/h5-10H,11-13H2,1-4H3,(H,22,24). The average Bonchev–Trinajstić information content (AvgIpc) is 2.62. The molecule has 2 rings (SSSR count). The Labute approximate surface area is 153 Å². The van der Waals surface area contributed by atoms with Crippen LogP contribution in [0.1, 0.15) is 16.7 Å². The molecule has 5 nitrogen and oxygen atoms in total. The van der Waals surface area contributed by atoms with E-state index in [1.54, 1.807) is 26.4 Å². The molecule has 26 heavy (non-hydrogen) atoms. The number of halogens is 1. The van der Waals surface area contributed by atoms with Gasteiger partial charge >= 0.3 is 0 Å². The lowest BCUT2D eigenvalue weighted by molar-refractivity contribution is -0.122. The lowest BCUT2D eigenvalue weighted by Crippen LogP contribution is -2.34. The Morgan fingerprint density at radius 1 is 1.12 bits per heavy atom. The quantitative estimate of drug-likeness (QED) is 0.786. The van der Waals surface area contributed by atoms with Crippen LogP contribution in [-0.2, 0) is 17.9 Å². The fraction of sp³-hybridized carbons (Fsp3) is 0.350. The molecule has 0 heterocycles. The second-order valence-corrected chi connectivity index (χ2v) is 6.21. The first-order valence-corrected chi connectivity index (χ1v) is 8.34. The minimum Gasteiger partial charge on any atom is -0.493 e. The van der Waals surface area contributed by atoms with Crippen molar-refractivity contribution in [2.24, 2.45) is 0 Å². The Balaban J connectivity index is 1.90. The van der Waals surface area contributed by atoms with E-state index in [9.17, 15) is 9.18 Å². The lowest BCUT2D eigenvalue weighted by atomic mass is 10.1. The number of ether oxygens (including phenoxy) is 2. The Morgan fingerprint density at radius 3 is 2.35 bits per heavy atom. The van der Waals surface area contributed by atoms with Gasteiger partial charge in [0.05, 0.1) is 20.8 Å². The minimum atomic E-state index is -0.287. The number of benzene rings is 2. The number of carbonyl (C=O) groups excluding carboxylic acids is 1. The molecule has 1 amide bonds. The van der Waals surface area contributed by atoms with Crippen molar-refractivity contribution < 1.29 is 18.7 Å². The fourth-order valence-electron chi connectivity index (χ4n) is 2.64. The van der Waals surface area contributed by atoms with Gasteiger partial charge in [-0.15, -0.1) is 0 Å². The van der Waals surface area contributed by atoms with Crippen LogP contribution in [0.3, 0.4) is 0 Å². The molecule has 0 saturated heterocycles. The molecule has 0 spiro atoms. The molecule has 1 N–H and O–H groups in total. The highest BCUT2D eigenvalue weighted by Crippen LogP contribution is 2.30. The minimum absolute atomic E-state index is 0.0880. The first-order chi connectivity index (χ1) is 12.4. The maximum atomic E-state index is 12.9. The molecule has 140 valence electrons. The maximum absolute atomic E-state index is 12.9. The first kappa shape index (κ1) is 19.7. The summed E-state index contributed by atoms with van der Waals surface area (Å²) in [5.74, 6) is 0.982. The zero-order valence-corrected chi connectivity index (χ0v) is 15.6. The van der Waals surface area contributed by atoms with Gasteiger partial charge in [0, 0.05) is 13.1 Å². The van der Waals surface area contributed by atoms with Gasteiger partial charge in [-0.3, -0.25) is 9.69 Å². The van der Waals surface area contributed by atoms with Crippen LogP contribution in [0.25, 0.3) is 0 Å². The average molecular weight is 360 g/mol. The Hall–Kier alpha value is -2.60. The van der Waals surface area contributed by atoms with Crippen molar-refractivity contribution in [2.75, 3.05) is 27.8 Å². The van der Waals surface area contributed by atoms with Gasteiger partial charge in [-0.05, 0) is 54.9 Å². The SMILES string of the molecule is COc1cc(C)c(CN(C)CC(=O)NCc2ccc(F)cc2)cc1OC. The molecular formula is C20H25FN2O3. The summed E-state index contributed by atoms with van der Waals surface area (Å²) >= 11 is 0.